The van der Waals surface area contributed by atoms with Crippen LogP contribution in [0.15, 0.2) is 60.9 Å². The number of aromatic nitrogens is 4. The lowest BCUT2D eigenvalue weighted by Crippen LogP contribution is -2.07. The van der Waals surface area contributed by atoms with E-state index in [0.29, 0.717) is 22.8 Å². The normalized spacial score (nSPS) is 12.3. The van der Waals surface area contributed by atoms with Gasteiger partial charge in [-0.15, -0.1) is 0 Å². The van der Waals surface area contributed by atoms with Gasteiger partial charge in [0.15, 0.2) is 11.5 Å². The first-order valence-electron chi connectivity index (χ1n) is 10.1. The molecular weight excluding hydrogens is 411 g/mol. The minimum absolute atomic E-state index is 0.144. The zero-order valence-electron chi connectivity index (χ0n) is 17.6. The van der Waals surface area contributed by atoms with Crippen molar-refractivity contribution in [3.05, 3.63) is 83.7 Å². The fourth-order valence-electron chi connectivity index (χ4n) is 3.86. The summed E-state index contributed by atoms with van der Waals surface area (Å²) in [4.78, 5) is 15.1. The van der Waals surface area contributed by atoms with Gasteiger partial charge in [-0.1, -0.05) is 12.1 Å². The monoisotopic (exact) mass is 432 g/mol. The van der Waals surface area contributed by atoms with Gasteiger partial charge in [0, 0.05) is 42.1 Å². The van der Waals surface area contributed by atoms with E-state index in [1.807, 2.05) is 36.4 Å². The van der Waals surface area contributed by atoms with Gasteiger partial charge in [-0.3, -0.25) is 0 Å². The number of para-hydroxylation sites is 2. The highest BCUT2D eigenvalue weighted by molar-refractivity contribution is 5.80. The molecule has 1 unspecified atom stereocenters. The Kier molecular flexibility index (Phi) is 5.20. The first kappa shape index (κ1) is 20.0. The Morgan fingerprint density at radius 2 is 1.91 bits per heavy atom. The third-order valence-corrected chi connectivity index (χ3v) is 5.37. The van der Waals surface area contributed by atoms with Crippen molar-refractivity contribution in [1.29, 1.82) is 0 Å². The number of hydrogen-bond acceptors (Lipinski definition) is 5. The van der Waals surface area contributed by atoms with Crippen LogP contribution in [0.1, 0.15) is 23.1 Å². The van der Waals surface area contributed by atoms with E-state index in [9.17, 15) is 0 Å². The lowest BCUT2D eigenvalue weighted by atomic mass is 10.00. The highest BCUT2D eigenvalue weighted by Crippen LogP contribution is 2.38. The SMILES string of the molecule is COc1cc(C(OC)c2c[nH]c3ncccc23)c(F)cc1OCc1nc2ccccc2[nH]1. The number of ether oxygens (including phenoxy) is 3. The molecule has 5 aromatic rings. The molecule has 0 bridgehead atoms. The minimum atomic E-state index is -0.647. The van der Waals surface area contributed by atoms with Crippen LogP contribution in [0.3, 0.4) is 0 Å². The number of imidazole rings is 1. The molecule has 0 aliphatic heterocycles. The number of halogens is 1. The van der Waals surface area contributed by atoms with Crippen molar-refractivity contribution < 1.29 is 18.6 Å². The maximum absolute atomic E-state index is 15.2. The van der Waals surface area contributed by atoms with Gasteiger partial charge in [-0.05, 0) is 30.3 Å². The number of pyridine rings is 1. The summed E-state index contributed by atoms with van der Waals surface area (Å²) in [5.41, 5.74) is 3.59. The Labute approximate surface area is 183 Å². The van der Waals surface area contributed by atoms with Crippen LogP contribution in [-0.4, -0.2) is 34.2 Å². The van der Waals surface area contributed by atoms with Gasteiger partial charge in [0.1, 0.15) is 30.0 Å². The third-order valence-electron chi connectivity index (χ3n) is 5.37. The fourth-order valence-corrected chi connectivity index (χ4v) is 3.86. The quantitative estimate of drug-likeness (QED) is 0.382. The maximum atomic E-state index is 15.2. The Morgan fingerprint density at radius 3 is 2.72 bits per heavy atom. The molecule has 7 nitrogen and oxygen atoms in total. The molecule has 2 aromatic carbocycles. The number of aromatic amines is 2. The zero-order chi connectivity index (χ0) is 22.1. The molecule has 3 aromatic heterocycles. The smallest absolute Gasteiger partial charge is 0.164 e. The second kappa shape index (κ2) is 8.32. The molecule has 0 saturated carbocycles. The second-order valence-electron chi connectivity index (χ2n) is 7.27. The Balaban J connectivity index is 1.45. The third kappa shape index (κ3) is 3.54. The molecule has 1 atom stereocenters. The van der Waals surface area contributed by atoms with Crippen molar-refractivity contribution in [3.8, 4) is 11.5 Å². The molecule has 0 aliphatic carbocycles. The molecule has 0 spiro atoms. The summed E-state index contributed by atoms with van der Waals surface area (Å²) >= 11 is 0. The summed E-state index contributed by atoms with van der Waals surface area (Å²) in [5, 5.41) is 0.864. The molecule has 0 radical (unpaired) electrons. The summed E-state index contributed by atoms with van der Waals surface area (Å²) in [7, 11) is 3.06. The number of rotatable bonds is 7. The van der Waals surface area contributed by atoms with Crippen LogP contribution in [0, 0.1) is 5.82 Å². The van der Waals surface area contributed by atoms with Gasteiger partial charge < -0.3 is 24.2 Å². The number of methoxy groups -OCH3 is 2. The first-order valence-corrected chi connectivity index (χ1v) is 10.1. The average Bonchev–Trinajstić information content (AvgIpc) is 3.43. The number of hydrogen-bond donors (Lipinski definition) is 2. The average molecular weight is 432 g/mol. The van der Waals surface area contributed by atoms with E-state index in [4.69, 9.17) is 14.2 Å². The van der Waals surface area contributed by atoms with Crippen molar-refractivity contribution in [2.45, 2.75) is 12.7 Å². The molecule has 5 rings (SSSR count). The minimum Gasteiger partial charge on any atom is -0.493 e. The van der Waals surface area contributed by atoms with Crippen molar-refractivity contribution in [3.63, 3.8) is 0 Å². The number of fused-ring (bicyclic) bond motifs is 2. The van der Waals surface area contributed by atoms with E-state index >= 15 is 4.39 Å². The van der Waals surface area contributed by atoms with Crippen LogP contribution in [0.5, 0.6) is 11.5 Å². The Hall–Kier alpha value is -3.91. The lowest BCUT2D eigenvalue weighted by Gasteiger charge is -2.19. The standard InChI is InChI=1S/C24H21FN4O3/c1-30-20-10-15(23(31-2)16-12-27-24-14(16)6-5-9-26-24)17(25)11-21(20)32-13-22-28-18-7-3-4-8-19(18)29-22/h3-12,23H,13H2,1-2H3,(H,26,27)(H,28,29). The second-order valence-corrected chi connectivity index (χ2v) is 7.27. The molecule has 0 saturated heterocycles. The van der Waals surface area contributed by atoms with Gasteiger partial charge in [-0.2, -0.15) is 0 Å². The summed E-state index contributed by atoms with van der Waals surface area (Å²) < 4.78 is 32.2. The number of H-pyrrole nitrogens is 2. The summed E-state index contributed by atoms with van der Waals surface area (Å²) in [6, 6.07) is 14.4. The van der Waals surface area contributed by atoms with Crippen LogP contribution in [0.2, 0.25) is 0 Å². The van der Waals surface area contributed by atoms with E-state index in [-0.39, 0.29) is 12.4 Å². The van der Waals surface area contributed by atoms with E-state index < -0.39 is 11.9 Å². The largest absolute Gasteiger partial charge is 0.493 e. The molecular formula is C24H21FN4O3. The molecule has 2 N–H and O–H groups in total. The van der Waals surface area contributed by atoms with Crippen molar-refractivity contribution in [1.82, 2.24) is 19.9 Å². The zero-order valence-corrected chi connectivity index (χ0v) is 17.6. The van der Waals surface area contributed by atoms with E-state index in [2.05, 4.69) is 19.9 Å². The molecule has 3 heterocycles. The van der Waals surface area contributed by atoms with Gasteiger partial charge in [0.2, 0.25) is 0 Å². The van der Waals surface area contributed by atoms with Crippen LogP contribution >= 0.6 is 0 Å². The van der Waals surface area contributed by atoms with Crippen molar-refractivity contribution in [2.24, 2.45) is 0 Å². The molecule has 162 valence electrons. The molecule has 0 aliphatic rings. The predicted octanol–water partition coefficient (Wildman–Crippen LogP) is 4.90. The van der Waals surface area contributed by atoms with Crippen LogP contribution in [0.25, 0.3) is 22.1 Å². The Bertz CT molecular complexity index is 1360. The Morgan fingerprint density at radius 1 is 1.03 bits per heavy atom. The predicted molar refractivity (Wildman–Crippen MR) is 118 cm³/mol. The van der Waals surface area contributed by atoms with Gasteiger partial charge in [0.25, 0.3) is 0 Å². The van der Waals surface area contributed by atoms with E-state index in [1.165, 1.54) is 20.3 Å². The lowest BCUT2D eigenvalue weighted by molar-refractivity contribution is 0.133. The van der Waals surface area contributed by atoms with Crippen molar-refractivity contribution >= 4 is 22.1 Å². The molecule has 32 heavy (non-hydrogen) atoms. The highest BCUT2D eigenvalue weighted by atomic mass is 19.1. The molecule has 8 heteroatoms. The fraction of sp³-hybridized carbons (Fsp3) is 0.167. The van der Waals surface area contributed by atoms with Crippen LogP contribution < -0.4 is 9.47 Å². The van der Waals surface area contributed by atoms with Crippen molar-refractivity contribution in [2.75, 3.05) is 14.2 Å². The van der Waals surface area contributed by atoms with Gasteiger partial charge in [-0.25, -0.2) is 14.4 Å². The summed E-state index contributed by atoms with van der Waals surface area (Å²) in [5.74, 6) is 0.858. The number of benzene rings is 2. The van der Waals surface area contributed by atoms with Crippen LogP contribution in [-0.2, 0) is 11.3 Å². The van der Waals surface area contributed by atoms with E-state index in [0.717, 1.165) is 22.0 Å². The molecule has 0 fully saturated rings. The topological polar surface area (TPSA) is 85.1 Å². The summed E-state index contributed by atoms with van der Waals surface area (Å²) in [6.45, 7) is 0.144. The first-order chi connectivity index (χ1) is 15.7. The number of nitrogens with one attached hydrogen (secondary N) is 2. The van der Waals surface area contributed by atoms with E-state index in [1.54, 1.807) is 18.5 Å². The maximum Gasteiger partial charge on any atom is 0.164 e. The summed E-state index contributed by atoms with van der Waals surface area (Å²) in [6.07, 6.45) is 2.83. The van der Waals surface area contributed by atoms with Crippen LogP contribution in [0.4, 0.5) is 4.39 Å². The highest BCUT2D eigenvalue weighted by Gasteiger charge is 2.24. The molecule has 0 amide bonds. The van der Waals surface area contributed by atoms with Gasteiger partial charge >= 0.3 is 0 Å². The van der Waals surface area contributed by atoms with Gasteiger partial charge in [0.05, 0.1) is 18.1 Å². The number of nitrogens with zero attached hydrogens (tertiary/aromatic N) is 2.